The highest BCUT2D eigenvalue weighted by molar-refractivity contribution is 7.09. The zero-order chi connectivity index (χ0) is 15.8. The van der Waals surface area contributed by atoms with Crippen LogP contribution in [0, 0.1) is 6.92 Å². The zero-order valence-corrected chi connectivity index (χ0v) is 12.4. The summed E-state index contributed by atoms with van der Waals surface area (Å²) in [5.74, 6) is -1.51. The Bertz CT molecular complexity index is 517. The van der Waals surface area contributed by atoms with Gasteiger partial charge in [0.15, 0.2) is 0 Å². The van der Waals surface area contributed by atoms with Crippen LogP contribution in [0.4, 0.5) is 4.79 Å². The number of carboxylic acids is 1. The van der Waals surface area contributed by atoms with Crippen molar-refractivity contribution >= 4 is 29.2 Å². The highest BCUT2D eigenvalue weighted by Gasteiger charge is 2.20. The topological polar surface area (TPSA) is 134 Å². The standard InChI is InChI=1S/C12H18N4O4S/c1-7-15-8(6-21-7)5-10(17)16-9(11(18)19)3-2-4-14-12(13)20/h6,9H,2-5H2,1H3,(H,16,17)(H,18,19)(H3,13,14,20)/t9-/m1/s1. The van der Waals surface area contributed by atoms with Crippen LogP contribution in [0.15, 0.2) is 5.38 Å². The van der Waals surface area contributed by atoms with Crippen molar-refractivity contribution in [3.05, 3.63) is 16.1 Å². The SMILES string of the molecule is Cc1nc(CC(=O)N[C@H](CCCNC(N)=O)C(=O)O)cs1. The van der Waals surface area contributed by atoms with E-state index in [1.54, 1.807) is 5.38 Å². The number of amides is 3. The van der Waals surface area contributed by atoms with Gasteiger partial charge >= 0.3 is 12.0 Å². The van der Waals surface area contributed by atoms with Crippen molar-refractivity contribution in [2.45, 2.75) is 32.2 Å². The van der Waals surface area contributed by atoms with Crippen LogP contribution in [0.3, 0.4) is 0 Å². The summed E-state index contributed by atoms with van der Waals surface area (Å²) in [5, 5.41) is 16.5. The summed E-state index contributed by atoms with van der Waals surface area (Å²) in [5.41, 5.74) is 5.52. The molecular formula is C12H18N4O4S. The van der Waals surface area contributed by atoms with E-state index in [1.807, 2.05) is 6.92 Å². The maximum absolute atomic E-state index is 11.8. The molecular weight excluding hydrogens is 296 g/mol. The van der Waals surface area contributed by atoms with E-state index in [2.05, 4.69) is 15.6 Å². The minimum absolute atomic E-state index is 0.0493. The molecule has 0 saturated heterocycles. The lowest BCUT2D eigenvalue weighted by molar-refractivity contribution is -0.141. The van der Waals surface area contributed by atoms with Gasteiger partial charge in [-0.05, 0) is 19.8 Å². The van der Waals surface area contributed by atoms with Crippen LogP contribution < -0.4 is 16.4 Å². The third-order valence-corrected chi connectivity index (χ3v) is 3.43. The number of carbonyl (C=O) groups excluding carboxylic acids is 2. The first-order valence-corrected chi connectivity index (χ1v) is 7.23. The fourth-order valence-electron chi connectivity index (χ4n) is 1.67. The van der Waals surface area contributed by atoms with Crippen LogP contribution in [0.25, 0.3) is 0 Å². The van der Waals surface area contributed by atoms with Crippen molar-refractivity contribution in [2.24, 2.45) is 5.73 Å². The first kappa shape index (κ1) is 16.9. The number of nitrogens with one attached hydrogen (secondary N) is 2. The fraction of sp³-hybridized carbons (Fsp3) is 0.500. The van der Waals surface area contributed by atoms with Crippen molar-refractivity contribution in [3.63, 3.8) is 0 Å². The molecule has 8 nitrogen and oxygen atoms in total. The summed E-state index contributed by atoms with van der Waals surface area (Å²) in [6.45, 7) is 2.10. The lowest BCUT2D eigenvalue weighted by atomic mass is 10.1. The van der Waals surface area contributed by atoms with E-state index >= 15 is 0 Å². The van der Waals surface area contributed by atoms with Crippen molar-refractivity contribution in [1.29, 1.82) is 0 Å². The van der Waals surface area contributed by atoms with Crippen LogP contribution in [-0.2, 0) is 16.0 Å². The first-order valence-electron chi connectivity index (χ1n) is 6.35. The van der Waals surface area contributed by atoms with Gasteiger partial charge in [-0.1, -0.05) is 0 Å². The average Bonchev–Trinajstić information content (AvgIpc) is 2.77. The Labute approximate surface area is 125 Å². The van der Waals surface area contributed by atoms with Crippen LogP contribution in [-0.4, -0.2) is 40.6 Å². The second kappa shape index (κ2) is 8.20. The van der Waals surface area contributed by atoms with E-state index in [0.29, 0.717) is 12.1 Å². The summed E-state index contributed by atoms with van der Waals surface area (Å²) >= 11 is 1.43. The molecule has 1 heterocycles. The highest BCUT2D eigenvalue weighted by Crippen LogP contribution is 2.08. The molecule has 5 N–H and O–H groups in total. The van der Waals surface area contributed by atoms with Crippen LogP contribution in [0.5, 0.6) is 0 Å². The molecule has 0 aliphatic heterocycles. The Morgan fingerprint density at radius 1 is 1.48 bits per heavy atom. The van der Waals surface area contributed by atoms with Crippen molar-refractivity contribution in [1.82, 2.24) is 15.6 Å². The number of primary amides is 1. The number of urea groups is 1. The maximum atomic E-state index is 11.8. The quantitative estimate of drug-likeness (QED) is 0.501. The Kier molecular flexibility index (Phi) is 6.60. The van der Waals surface area contributed by atoms with Gasteiger partial charge in [0.25, 0.3) is 0 Å². The van der Waals surface area contributed by atoms with E-state index in [9.17, 15) is 14.4 Å². The van der Waals surface area contributed by atoms with E-state index in [0.717, 1.165) is 5.01 Å². The minimum Gasteiger partial charge on any atom is -0.480 e. The predicted molar refractivity (Wildman–Crippen MR) is 76.9 cm³/mol. The monoisotopic (exact) mass is 314 g/mol. The number of rotatable bonds is 8. The number of aromatic nitrogens is 1. The van der Waals surface area contributed by atoms with Crippen molar-refractivity contribution in [3.8, 4) is 0 Å². The molecule has 0 radical (unpaired) electrons. The molecule has 1 atom stereocenters. The average molecular weight is 314 g/mol. The van der Waals surface area contributed by atoms with E-state index in [-0.39, 0.29) is 19.4 Å². The van der Waals surface area contributed by atoms with Gasteiger partial charge in [-0.15, -0.1) is 11.3 Å². The molecule has 0 bridgehead atoms. The fourth-order valence-corrected chi connectivity index (χ4v) is 2.29. The predicted octanol–water partition coefficient (Wildman–Crippen LogP) is 0.0119. The Morgan fingerprint density at radius 3 is 2.71 bits per heavy atom. The molecule has 1 aromatic heterocycles. The summed E-state index contributed by atoms with van der Waals surface area (Å²) in [7, 11) is 0. The summed E-state index contributed by atoms with van der Waals surface area (Å²) < 4.78 is 0. The number of aliphatic carboxylic acids is 1. The Balaban J connectivity index is 2.40. The third kappa shape index (κ3) is 6.70. The summed E-state index contributed by atoms with van der Waals surface area (Å²) in [4.78, 5) is 37.5. The van der Waals surface area contributed by atoms with Gasteiger partial charge < -0.3 is 21.5 Å². The normalized spacial score (nSPS) is 11.7. The van der Waals surface area contributed by atoms with Crippen molar-refractivity contribution < 1.29 is 19.5 Å². The second-order valence-electron chi connectivity index (χ2n) is 4.43. The molecule has 1 rings (SSSR count). The minimum atomic E-state index is -1.11. The van der Waals surface area contributed by atoms with Gasteiger partial charge in [0.1, 0.15) is 6.04 Å². The highest BCUT2D eigenvalue weighted by atomic mass is 32.1. The molecule has 1 aromatic rings. The van der Waals surface area contributed by atoms with E-state index in [1.165, 1.54) is 11.3 Å². The number of carboxylic acid groups (broad SMARTS) is 1. The van der Waals surface area contributed by atoms with Crippen LogP contribution in [0.1, 0.15) is 23.5 Å². The van der Waals surface area contributed by atoms with Gasteiger partial charge in [0.05, 0.1) is 17.1 Å². The Morgan fingerprint density at radius 2 is 2.19 bits per heavy atom. The number of hydrogen-bond acceptors (Lipinski definition) is 5. The third-order valence-electron chi connectivity index (χ3n) is 2.61. The molecule has 9 heteroatoms. The number of nitrogens with zero attached hydrogens (tertiary/aromatic N) is 1. The molecule has 21 heavy (non-hydrogen) atoms. The summed E-state index contributed by atoms with van der Waals surface area (Å²) in [6.07, 6.45) is 0.654. The second-order valence-corrected chi connectivity index (χ2v) is 5.49. The number of carbonyl (C=O) groups is 3. The molecule has 0 unspecified atom stereocenters. The molecule has 0 saturated carbocycles. The smallest absolute Gasteiger partial charge is 0.326 e. The number of aryl methyl sites for hydroxylation is 1. The molecule has 0 aliphatic rings. The summed E-state index contributed by atoms with van der Waals surface area (Å²) in [6, 6.07) is -1.66. The molecule has 3 amide bonds. The number of nitrogens with two attached hydrogens (primary N) is 1. The number of hydrogen-bond donors (Lipinski definition) is 4. The number of thiazole rings is 1. The van der Waals surface area contributed by atoms with Gasteiger partial charge in [0, 0.05) is 11.9 Å². The maximum Gasteiger partial charge on any atom is 0.326 e. The van der Waals surface area contributed by atoms with Gasteiger partial charge in [-0.3, -0.25) is 4.79 Å². The first-order chi connectivity index (χ1) is 9.88. The molecule has 116 valence electrons. The van der Waals surface area contributed by atoms with E-state index in [4.69, 9.17) is 10.8 Å². The van der Waals surface area contributed by atoms with E-state index < -0.39 is 23.9 Å². The van der Waals surface area contributed by atoms with Gasteiger partial charge in [-0.2, -0.15) is 0 Å². The van der Waals surface area contributed by atoms with Crippen LogP contribution in [0.2, 0.25) is 0 Å². The Hall–Kier alpha value is -2.16. The lowest BCUT2D eigenvalue weighted by Crippen LogP contribution is -2.42. The van der Waals surface area contributed by atoms with Crippen molar-refractivity contribution in [2.75, 3.05) is 6.54 Å². The lowest BCUT2D eigenvalue weighted by Gasteiger charge is -2.14. The van der Waals surface area contributed by atoms with Gasteiger partial charge in [0.2, 0.25) is 5.91 Å². The molecule has 0 spiro atoms. The molecule has 0 aliphatic carbocycles. The van der Waals surface area contributed by atoms with Gasteiger partial charge in [-0.25, -0.2) is 14.6 Å². The molecule has 0 fully saturated rings. The zero-order valence-electron chi connectivity index (χ0n) is 11.6. The largest absolute Gasteiger partial charge is 0.480 e. The van der Waals surface area contributed by atoms with Crippen LogP contribution >= 0.6 is 11.3 Å². The molecule has 0 aromatic carbocycles.